The molecule has 0 atom stereocenters. The van der Waals surface area contributed by atoms with Gasteiger partial charge < -0.3 is 20.6 Å². The Balaban J connectivity index is 1.31. The Morgan fingerprint density at radius 3 is 2.75 bits per heavy atom. The maximum absolute atomic E-state index is 12.2. The second-order valence-corrected chi connectivity index (χ2v) is 6.98. The van der Waals surface area contributed by atoms with Gasteiger partial charge in [0.15, 0.2) is 17.3 Å². The molecule has 3 N–H and O–H groups in total. The number of rotatable bonds is 6. The van der Waals surface area contributed by atoms with Gasteiger partial charge >= 0.3 is 0 Å². The van der Waals surface area contributed by atoms with Crippen molar-refractivity contribution in [3.63, 3.8) is 0 Å². The molecule has 4 rings (SSSR count). The normalized spacial score (nSPS) is 12.6. The molecule has 1 amide bonds. The first kappa shape index (κ1) is 18.1. The Kier molecular flexibility index (Phi) is 5.29. The predicted octanol–water partition coefficient (Wildman–Crippen LogP) is 1.95. The quantitative estimate of drug-likeness (QED) is 0.478. The minimum Gasteiger partial charge on any atom is -0.486 e. The molecule has 3 aromatic rings. The van der Waals surface area contributed by atoms with Crippen molar-refractivity contribution in [2.75, 3.05) is 30.1 Å². The molecule has 1 aliphatic rings. The molecule has 3 heterocycles. The number of hydrogen-bond acceptors (Lipinski definition) is 8. The molecule has 9 nitrogen and oxygen atoms in total. The van der Waals surface area contributed by atoms with Crippen LogP contribution >= 0.6 is 11.8 Å². The van der Waals surface area contributed by atoms with Crippen LogP contribution in [0, 0.1) is 0 Å². The second kappa shape index (κ2) is 8.17. The molecule has 0 saturated carbocycles. The highest BCUT2D eigenvalue weighted by Crippen LogP contribution is 2.32. The number of pyridine rings is 1. The maximum atomic E-state index is 12.2. The molecular weight excluding hydrogens is 380 g/mol. The van der Waals surface area contributed by atoms with E-state index in [0.29, 0.717) is 53.6 Å². The minimum absolute atomic E-state index is 0.110. The number of carbonyl (C=O) groups excluding carboxylic acids is 1. The first-order valence-corrected chi connectivity index (χ1v) is 9.62. The van der Waals surface area contributed by atoms with E-state index < -0.39 is 0 Å². The van der Waals surface area contributed by atoms with Gasteiger partial charge in [0.25, 0.3) is 0 Å². The van der Waals surface area contributed by atoms with Crippen molar-refractivity contribution in [3.05, 3.63) is 42.7 Å². The highest BCUT2D eigenvalue weighted by molar-refractivity contribution is 7.99. The van der Waals surface area contributed by atoms with Gasteiger partial charge in [-0.25, -0.2) is 4.68 Å². The van der Waals surface area contributed by atoms with Gasteiger partial charge in [-0.1, -0.05) is 11.8 Å². The molecule has 0 bridgehead atoms. The summed E-state index contributed by atoms with van der Waals surface area (Å²) in [5.41, 5.74) is 1.49. The number of aromatic nitrogens is 4. The number of nitrogens with zero attached hydrogens (tertiary/aromatic N) is 4. The number of nitrogen functional groups attached to an aromatic ring is 1. The van der Waals surface area contributed by atoms with Crippen molar-refractivity contribution < 1.29 is 14.3 Å². The van der Waals surface area contributed by atoms with Crippen molar-refractivity contribution in [3.8, 4) is 22.9 Å². The van der Waals surface area contributed by atoms with Crippen LogP contribution in [0.5, 0.6) is 11.5 Å². The molecule has 1 aromatic carbocycles. The molecule has 0 aliphatic carbocycles. The zero-order chi connectivity index (χ0) is 19.3. The van der Waals surface area contributed by atoms with E-state index in [1.807, 2.05) is 12.1 Å². The van der Waals surface area contributed by atoms with Gasteiger partial charge in [-0.15, -0.1) is 10.2 Å². The Bertz CT molecular complexity index is 979. The largest absolute Gasteiger partial charge is 0.486 e. The first-order chi connectivity index (χ1) is 13.7. The first-order valence-electron chi connectivity index (χ1n) is 8.64. The summed E-state index contributed by atoms with van der Waals surface area (Å²) in [6, 6.07) is 8.95. The monoisotopic (exact) mass is 398 g/mol. The Hall–Kier alpha value is -3.27. The number of benzene rings is 1. The van der Waals surface area contributed by atoms with Crippen LogP contribution in [-0.4, -0.2) is 44.7 Å². The van der Waals surface area contributed by atoms with Crippen molar-refractivity contribution in [2.24, 2.45) is 0 Å². The summed E-state index contributed by atoms with van der Waals surface area (Å²) < 4.78 is 12.4. The number of thioether (sulfide) groups is 1. The number of ether oxygens (including phenoxy) is 2. The van der Waals surface area contributed by atoms with Gasteiger partial charge in [0.1, 0.15) is 13.2 Å². The maximum Gasteiger partial charge on any atom is 0.225 e. The van der Waals surface area contributed by atoms with E-state index in [4.69, 9.17) is 15.3 Å². The van der Waals surface area contributed by atoms with Crippen LogP contribution in [0.4, 0.5) is 5.69 Å². The molecule has 10 heteroatoms. The Morgan fingerprint density at radius 2 is 1.93 bits per heavy atom. The van der Waals surface area contributed by atoms with Crippen molar-refractivity contribution >= 4 is 23.4 Å². The highest BCUT2D eigenvalue weighted by atomic mass is 32.2. The lowest BCUT2D eigenvalue weighted by Gasteiger charge is -2.19. The van der Waals surface area contributed by atoms with Crippen LogP contribution in [0.1, 0.15) is 6.42 Å². The lowest BCUT2D eigenvalue weighted by Crippen LogP contribution is -2.16. The predicted molar refractivity (Wildman–Crippen MR) is 105 cm³/mol. The van der Waals surface area contributed by atoms with Crippen LogP contribution in [0.3, 0.4) is 0 Å². The minimum atomic E-state index is -0.110. The van der Waals surface area contributed by atoms with Gasteiger partial charge in [-0.2, -0.15) is 0 Å². The molecule has 2 aromatic heterocycles. The van der Waals surface area contributed by atoms with Gasteiger partial charge in [0.2, 0.25) is 11.1 Å². The number of amides is 1. The average molecular weight is 398 g/mol. The molecule has 0 fully saturated rings. The van der Waals surface area contributed by atoms with Crippen LogP contribution in [-0.2, 0) is 4.79 Å². The number of nitrogens with one attached hydrogen (secondary N) is 1. The number of carbonyl (C=O) groups is 1. The summed E-state index contributed by atoms with van der Waals surface area (Å²) in [7, 11) is 0. The van der Waals surface area contributed by atoms with E-state index in [0.717, 1.165) is 5.56 Å². The van der Waals surface area contributed by atoms with Gasteiger partial charge in [0.05, 0.1) is 0 Å². The molecule has 144 valence electrons. The summed E-state index contributed by atoms with van der Waals surface area (Å²) in [4.78, 5) is 16.2. The molecule has 28 heavy (non-hydrogen) atoms. The van der Waals surface area contributed by atoms with E-state index >= 15 is 0 Å². The number of fused-ring (bicyclic) bond motifs is 1. The summed E-state index contributed by atoms with van der Waals surface area (Å²) in [5.74, 6) is 8.34. The molecule has 0 spiro atoms. The van der Waals surface area contributed by atoms with Crippen LogP contribution in [0.25, 0.3) is 11.4 Å². The fourth-order valence-electron chi connectivity index (χ4n) is 2.65. The molecular formula is C18H18N6O3S. The Morgan fingerprint density at radius 1 is 1.14 bits per heavy atom. The topological polar surface area (TPSA) is 117 Å². The lowest BCUT2D eigenvalue weighted by atomic mass is 10.2. The molecule has 0 unspecified atom stereocenters. The average Bonchev–Trinajstić information content (AvgIpc) is 3.09. The van der Waals surface area contributed by atoms with E-state index in [1.165, 1.54) is 16.4 Å². The number of nitrogens with two attached hydrogens (primary N) is 1. The standard InChI is InChI=1S/C18H18N6O3S/c19-24-17(12-3-6-20-7-4-12)22-23-18(24)28-10-5-16(25)21-13-1-2-14-15(11-13)27-9-8-26-14/h1-4,6-7,11H,5,8-10,19H2,(H,21,25). The molecule has 0 saturated heterocycles. The summed E-state index contributed by atoms with van der Waals surface area (Å²) in [5, 5.41) is 11.6. The molecule has 1 aliphatic heterocycles. The third-order valence-electron chi connectivity index (χ3n) is 3.99. The second-order valence-electron chi connectivity index (χ2n) is 5.92. The summed E-state index contributed by atoms with van der Waals surface area (Å²) in [6.45, 7) is 1.03. The third-order valence-corrected chi connectivity index (χ3v) is 4.93. The zero-order valence-electron chi connectivity index (χ0n) is 14.9. The fraction of sp³-hybridized carbons (Fsp3) is 0.222. The lowest BCUT2D eigenvalue weighted by molar-refractivity contribution is -0.115. The Labute approximate surface area is 165 Å². The smallest absolute Gasteiger partial charge is 0.225 e. The SMILES string of the molecule is Nn1c(SCCC(=O)Nc2ccc3c(c2)OCCO3)nnc1-c1ccncc1. The summed E-state index contributed by atoms with van der Waals surface area (Å²) >= 11 is 1.37. The third kappa shape index (κ3) is 4.01. The van der Waals surface area contributed by atoms with Crippen molar-refractivity contribution in [1.29, 1.82) is 0 Å². The van der Waals surface area contributed by atoms with Crippen molar-refractivity contribution in [1.82, 2.24) is 19.9 Å². The van der Waals surface area contributed by atoms with Crippen molar-refractivity contribution in [2.45, 2.75) is 11.6 Å². The van der Waals surface area contributed by atoms with Crippen LogP contribution < -0.4 is 20.6 Å². The van der Waals surface area contributed by atoms with E-state index in [-0.39, 0.29) is 5.91 Å². The number of hydrogen-bond donors (Lipinski definition) is 2. The fourth-order valence-corrected chi connectivity index (χ4v) is 3.45. The van der Waals surface area contributed by atoms with Gasteiger partial charge in [-0.3, -0.25) is 9.78 Å². The molecule has 0 radical (unpaired) electrons. The van der Waals surface area contributed by atoms with E-state index in [9.17, 15) is 4.79 Å². The zero-order valence-corrected chi connectivity index (χ0v) is 15.7. The van der Waals surface area contributed by atoms with Gasteiger partial charge in [-0.05, 0) is 24.3 Å². The van der Waals surface area contributed by atoms with Crippen LogP contribution in [0.15, 0.2) is 47.9 Å². The van der Waals surface area contributed by atoms with Gasteiger partial charge in [0, 0.05) is 41.9 Å². The van der Waals surface area contributed by atoms with E-state index in [2.05, 4.69) is 20.5 Å². The van der Waals surface area contributed by atoms with E-state index in [1.54, 1.807) is 30.6 Å². The van der Waals surface area contributed by atoms with Crippen LogP contribution in [0.2, 0.25) is 0 Å². The number of anilines is 1. The highest BCUT2D eigenvalue weighted by Gasteiger charge is 2.14. The summed E-state index contributed by atoms with van der Waals surface area (Å²) in [6.07, 6.45) is 3.63.